The van der Waals surface area contributed by atoms with Crippen LogP contribution in [0.3, 0.4) is 0 Å². The van der Waals surface area contributed by atoms with Gasteiger partial charge in [0.1, 0.15) is 5.82 Å². The molecule has 0 unspecified atom stereocenters. The van der Waals surface area contributed by atoms with Crippen LogP contribution in [0.15, 0.2) is 24.3 Å². The SMILES string of the molecule is NCC(=O)NCc1nc2ccccc2[nH]1. The minimum absolute atomic E-state index is 0.000227. The van der Waals surface area contributed by atoms with E-state index < -0.39 is 0 Å². The van der Waals surface area contributed by atoms with Crippen LogP contribution in [0.4, 0.5) is 0 Å². The van der Waals surface area contributed by atoms with Gasteiger partial charge in [0, 0.05) is 0 Å². The number of carbonyl (C=O) groups excluding carboxylic acids is 1. The highest BCUT2D eigenvalue weighted by Gasteiger charge is 2.02. The summed E-state index contributed by atoms with van der Waals surface area (Å²) in [6, 6.07) is 7.71. The van der Waals surface area contributed by atoms with Crippen molar-refractivity contribution in [3.8, 4) is 0 Å². The number of hydrogen-bond donors (Lipinski definition) is 3. The number of aromatic nitrogens is 2. The quantitative estimate of drug-likeness (QED) is 0.664. The third-order valence-corrected chi connectivity index (χ3v) is 2.08. The summed E-state index contributed by atoms with van der Waals surface area (Å²) in [6.07, 6.45) is 0. The van der Waals surface area contributed by atoms with Crippen LogP contribution >= 0.6 is 0 Å². The van der Waals surface area contributed by atoms with E-state index in [4.69, 9.17) is 5.73 Å². The van der Waals surface area contributed by atoms with Crippen molar-refractivity contribution < 1.29 is 4.79 Å². The molecule has 2 rings (SSSR count). The Hall–Kier alpha value is -1.88. The zero-order chi connectivity index (χ0) is 10.7. The maximum absolute atomic E-state index is 10.9. The molecular formula is C10H12N4O. The summed E-state index contributed by atoms with van der Waals surface area (Å²) >= 11 is 0. The number of amides is 1. The van der Waals surface area contributed by atoms with Crippen molar-refractivity contribution >= 4 is 16.9 Å². The fourth-order valence-corrected chi connectivity index (χ4v) is 1.34. The van der Waals surface area contributed by atoms with Crippen LogP contribution in [-0.2, 0) is 11.3 Å². The largest absolute Gasteiger partial charge is 0.348 e. The number of benzene rings is 1. The number of fused-ring (bicyclic) bond motifs is 1. The number of nitrogens with two attached hydrogens (primary N) is 1. The summed E-state index contributed by atoms with van der Waals surface area (Å²) < 4.78 is 0. The van der Waals surface area contributed by atoms with E-state index in [9.17, 15) is 4.79 Å². The highest BCUT2D eigenvalue weighted by Crippen LogP contribution is 2.09. The maximum atomic E-state index is 10.9. The molecule has 5 nitrogen and oxygen atoms in total. The number of hydrogen-bond acceptors (Lipinski definition) is 3. The lowest BCUT2D eigenvalue weighted by molar-refractivity contribution is -0.119. The van der Waals surface area contributed by atoms with Gasteiger partial charge in [-0.2, -0.15) is 0 Å². The molecule has 0 saturated heterocycles. The Labute approximate surface area is 86.7 Å². The first-order valence-electron chi connectivity index (χ1n) is 4.70. The van der Waals surface area contributed by atoms with Gasteiger partial charge in [-0.15, -0.1) is 0 Å². The van der Waals surface area contributed by atoms with Gasteiger partial charge in [0.05, 0.1) is 24.1 Å². The molecule has 1 aromatic carbocycles. The third kappa shape index (κ3) is 2.13. The average molecular weight is 204 g/mol. The third-order valence-electron chi connectivity index (χ3n) is 2.08. The lowest BCUT2D eigenvalue weighted by atomic mass is 10.3. The van der Waals surface area contributed by atoms with Gasteiger partial charge < -0.3 is 16.0 Å². The van der Waals surface area contributed by atoms with E-state index in [2.05, 4.69) is 15.3 Å². The first kappa shape index (κ1) is 9.67. The topological polar surface area (TPSA) is 83.8 Å². The van der Waals surface area contributed by atoms with E-state index in [-0.39, 0.29) is 12.5 Å². The number of nitrogens with zero attached hydrogens (tertiary/aromatic N) is 1. The van der Waals surface area contributed by atoms with Crippen LogP contribution in [-0.4, -0.2) is 22.4 Å². The van der Waals surface area contributed by atoms with Crippen molar-refractivity contribution in [3.05, 3.63) is 30.1 Å². The highest BCUT2D eigenvalue weighted by atomic mass is 16.1. The van der Waals surface area contributed by atoms with Crippen LogP contribution in [0, 0.1) is 0 Å². The molecule has 15 heavy (non-hydrogen) atoms. The van der Waals surface area contributed by atoms with E-state index in [1.165, 1.54) is 0 Å². The van der Waals surface area contributed by atoms with Gasteiger partial charge >= 0.3 is 0 Å². The Morgan fingerprint density at radius 1 is 1.47 bits per heavy atom. The van der Waals surface area contributed by atoms with Gasteiger partial charge in [-0.25, -0.2) is 4.98 Å². The summed E-state index contributed by atoms with van der Waals surface area (Å²) in [6.45, 7) is 0.380. The second-order valence-corrected chi connectivity index (χ2v) is 3.18. The number of rotatable bonds is 3. The second kappa shape index (κ2) is 4.10. The first-order chi connectivity index (χ1) is 7.29. The minimum atomic E-state index is -0.185. The molecule has 0 bridgehead atoms. The molecule has 78 valence electrons. The molecule has 0 spiro atoms. The van der Waals surface area contributed by atoms with E-state index in [1.54, 1.807) is 0 Å². The standard InChI is InChI=1S/C10H12N4O/c11-5-10(15)12-6-9-13-7-3-1-2-4-8(7)14-9/h1-4H,5-6,11H2,(H,12,15)(H,13,14). The Kier molecular flexibility index (Phi) is 2.64. The lowest BCUT2D eigenvalue weighted by Gasteiger charge is -1.98. The van der Waals surface area contributed by atoms with Gasteiger partial charge in [-0.05, 0) is 12.1 Å². The predicted molar refractivity (Wildman–Crippen MR) is 57.0 cm³/mol. The van der Waals surface area contributed by atoms with E-state index in [0.717, 1.165) is 16.9 Å². The molecular weight excluding hydrogens is 192 g/mol. The lowest BCUT2D eigenvalue weighted by Crippen LogP contribution is -2.30. The molecule has 0 saturated carbocycles. The summed E-state index contributed by atoms with van der Waals surface area (Å²) in [4.78, 5) is 18.3. The molecule has 2 aromatic rings. The zero-order valence-corrected chi connectivity index (χ0v) is 8.16. The van der Waals surface area contributed by atoms with Gasteiger partial charge in [-0.1, -0.05) is 12.1 Å². The van der Waals surface area contributed by atoms with Gasteiger partial charge in [0.2, 0.25) is 5.91 Å². The number of aromatic amines is 1. The molecule has 4 N–H and O–H groups in total. The first-order valence-corrected chi connectivity index (χ1v) is 4.70. The molecule has 0 aliphatic heterocycles. The summed E-state index contributed by atoms with van der Waals surface area (Å²) in [5.74, 6) is 0.549. The number of imidazole rings is 1. The second-order valence-electron chi connectivity index (χ2n) is 3.18. The van der Waals surface area contributed by atoms with Crippen molar-refractivity contribution in [1.29, 1.82) is 0 Å². The van der Waals surface area contributed by atoms with Crippen LogP contribution < -0.4 is 11.1 Å². The normalized spacial score (nSPS) is 10.5. The van der Waals surface area contributed by atoms with Crippen molar-refractivity contribution in [3.63, 3.8) is 0 Å². The Morgan fingerprint density at radius 3 is 3.00 bits per heavy atom. The van der Waals surface area contributed by atoms with Crippen molar-refractivity contribution in [2.24, 2.45) is 5.73 Å². The van der Waals surface area contributed by atoms with Crippen LogP contribution in [0.1, 0.15) is 5.82 Å². The molecule has 5 heteroatoms. The van der Waals surface area contributed by atoms with Crippen molar-refractivity contribution in [2.45, 2.75) is 6.54 Å². The smallest absolute Gasteiger partial charge is 0.234 e. The Bertz CT molecular complexity index is 444. The van der Waals surface area contributed by atoms with Crippen LogP contribution in [0.5, 0.6) is 0 Å². The van der Waals surface area contributed by atoms with Gasteiger partial charge in [-0.3, -0.25) is 4.79 Å². The molecule has 0 radical (unpaired) electrons. The summed E-state index contributed by atoms with van der Waals surface area (Å²) in [5, 5.41) is 2.65. The summed E-state index contributed by atoms with van der Waals surface area (Å²) in [5.41, 5.74) is 7.03. The number of carbonyl (C=O) groups is 1. The number of nitrogens with one attached hydrogen (secondary N) is 2. The minimum Gasteiger partial charge on any atom is -0.348 e. The highest BCUT2D eigenvalue weighted by molar-refractivity contribution is 5.78. The number of para-hydroxylation sites is 2. The molecule has 1 aromatic heterocycles. The molecule has 0 fully saturated rings. The monoisotopic (exact) mass is 204 g/mol. The van der Waals surface area contributed by atoms with Crippen molar-refractivity contribution in [2.75, 3.05) is 6.54 Å². The Balaban J connectivity index is 2.12. The molecule has 1 heterocycles. The van der Waals surface area contributed by atoms with E-state index in [0.29, 0.717) is 6.54 Å². The fraction of sp³-hybridized carbons (Fsp3) is 0.200. The average Bonchev–Trinajstić information content (AvgIpc) is 2.68. The Morgan fingerprint density at radius 2 is 2.27 bits per heavy atom. The number of H-pyrrole nitrogens is 1. The molecule has 0 atom stereocenters. The van der Waals surface area contributed by atoms with Gasteiger partial charge in [0.25, 0.3) is 0 Å². The van der Waals surface area contributed by atoms with Crippen molar-refractivity contribution in [1.82, 2.24) is 15.3 Å². The van der Waals surface area contributed by atoms with Crippen LogP contribution in [0.25, 0.3) is 11.0 Å². The molecule has 0 aliphatic rings. The van der Waals surface area contributed by atoms with E-state index >= 15 is 0 Å². The fourth-order valence-electron chi connectivity index (χ4n) is 1.34. The molecule has 1 amide bonds. The van der Waals surface area contributed by atoms with E-state index in [1.807, 2.05) is 24.3 Å². The predicted octanol–water partition coefficient (Wildman–Crippen LogP) is 0.138. The van der Waals surface area contributed by atoms with Gasteiger partial charge in [0.15, 0.2) is 0 Å². The molecule has 0 aliphatic carbocycles. The maximum Gasteiger partial charge on any atom is 0.234 e. The van der Waals surface area contributed by atoms with Crippen LogP contribution in [0.2, 0.25) is 0 Å². The summed E-state index contributed by atoms with van der Waals surface area (Å²) in [7, 11) is 0. The zero-order valence-electron chi connectivity index (χ0n) is 8.16.